The first-order valence-corrected chi connectivity index (χ1v) is 33.2. The van der Waals surface area contributed by atoms with Crippen molar-refractivity contribution in [2.45, 2.75) is 279 Å². The monoisotopic (exact) mass is 1330 g/mol. The van der Waals surface area contributed by atoms with E-state index < -0.39 is 105 Å². The van der Waals surface area contributed by atoms with Crippen LogP contribution in [0.3, 0.4) is 0 Å². The van der Waals surface area contributed by atoms with Gasteiger partial charge in [-0.05, 0) is 166 Å². The standard InChI is InChI=1S/C42H74N2O12.C8H19N.C7H7ClO2S.C6H8.C5H6O.3CH4/c1-15-17-18-19-43(12)30-20-25(4)52-39(33(30)45)56-37-26(5)34(55-32-22-41(10,51-14)36(47)29(8)53-32)27(6)38(48)54-31(16-2)42(11,50)35(46)28(7)44(13)23-24(3)21-40(37,9)49;1-6-9(7(2)3)8(4)5;1-6-2-4-7(5-3-6)11(8,9)10;1-3-5-6-4-2;1-2-3-4-5-6;;;/h1,17-18,24-37,39,45-47,49-50H,16,19-23H2,2-14H3;7-8H,6H2,1-5H3;2-5H,1H3;1,5-6H,4H2,2H3;1,3-4,6H,5H2;3*1H4/b18-17+;;;6-5+;4-3+;;;/t24-,25-,26+,27-,28-,29+,30+,31-,32-,33-,34+,35-,36+,37-,39+,40-,41-,42-;;;;;;;/m1......./s1. The third kappa shape index (κ3) is 31.1. The van der Waals surface area contributed by atoms with E-state index in [4.69, 9.17) is 63.5 Å². The summed E-state index contributed by atoms with van der Waals surface area (Å²) >= 11 is 0. The molecule has 1 aromatic rings. The van der Waals surface area contributed by atoms with Crippen molar-refractivity contribution in [2.24, 2.45) is 17.8 Å². The fraction of sp³-hybridized carbons (Fsp3) is 0.732. The number of hydrogen-bond donors (Lipinski definition) is 6. The fourth-order valence-electron chi connectivity index (χ4n) is 11.4. The summed E-state index contributed by atoms with van der Waals surface area (Å²) in [4.78, 5) is 20.8. The van der Waals surface area contributed by atoms with Gasteiger partial charge in [-0.1, -0.05) is 111 Å². The maximum absolute atomic E-state index is 14.3. The molecule has 91 heavy (non-hydrogen) atoms. The van der Waals surface area contributed by atoms with Crippen LogP contribution in [0.5, 0.6) is 0 Å². The molecule has 0 spiro atoms. The molecule has 0 unspecified atom stereocenters. The van der Waals surface area contributed by atoms with Crippen molar-refractivity contribution in [3.05, 3.63) is 66.3 Å². The number of hydrogen-bond acceptors (Lipinski definition) is 18. The van der Waals surface area contributed by atoms with E-state index in [1.54, 1.807) is 65.8 Å². The average molecular weight is 1330 g/mol. The van der Waals surface area contributed by atoms with Crippen LogP contribution in [0.4, 0.5) is 0 Å². The van der Waals surface area contributed by atoms with Gasteiger partial charge in [0.15, 0.2) is 12.6 Å². The highest BCUT2D eigenvalue weighted by atomic mass is 35.7. The van der Waals surface area contributed by atoms with E-state index in [-0.39, 0.29) is 71.1 Å². The van der Waals surface area contributed by atoms with Crippen LogP contribution < -0.4 is 0 Å². The number of aliphatic hydroxyl groups is 6. The summed E-state index contributed by atoms with van der Waals surface area (Å²) in [5, 5.41) is 66.7. The number of cyclic esters (lactones) is 1. The Morgan fingerprint density at radius 3 is 1.79 bits per heavy atom. The van der Waals surface area contributed by atoms with Crippen molar-refractivity contribution < 1.29 is 72.3 Å². The Bertz CT molecular complexity index is 2440. The fourth-order valence-corrected chi connectivity index (χ4v) is 12.2. The van der Waals surface area contributed by atoms with Crippen LogP contribution in [0.1, 0.15) is 171 Å². The molecular weight excluding hydrogens is 1200 g/mol. The number of halogens is 1. The molecule has 3 heterocycles. The largest absolute Gasteiger partial charge is 0.459 e. The van der Waals surface area contributed by atoms with E-state index in [0.717, 1.165) is 18.5 Å². The molecule has 0 amide bonds. The van der Waals surface area contributed by atoms with Gasteiger partial charge < -0.3 is 64.0 Å². The average Bonchev–Trinajstić information content (AvgIpc) is 1.54. The van der Waals surface area contributed by atoms with Crippen molar-refractivity contribution in [1.29, 1.82) is 0 Å². The summed E-state index contributed by atoms with van der Waals surface area (Å²) in [5.74, 6) is 4.42. The normalized spacial score (nSPS) is 32.6. The van der Waals surface area contributed by atoms with Crippen molar-refractivity contribution in [3.63, 3.8) is 0 Å². The van der Waals surface area contributed by atoms with Gasteiger partial charge in [0.25, 0.3) is 9.05 Å². The Morgan fingerprint density at radius 2 is 1.36 bits per heavy atom. The zero-order valence-corrected chi connectivity index (χ0v) is 58.2. The van der Waals surface area contributed by atoms with Gasteiger partial charge in [0.1, 0.15) is 30.0 Å². The number of carbonyl (C=O) groups excluding carboxylic acids is 1. The van der Waals surface area contributed by atoms with Crippen molar-refractivity contribution >= 4 is 25.7 Å². The predicted molar refractivity (Wildman–Crippen MR) is 371 cm³/mol. The summed E-state index contributed by atoms with van der Waals surface area (Å²) in [6.07, 6.45) is 17.5. The second-order valence-corrected chi connectivity index (χ2v) is 27.3. The summed E-state index contributed by atoms with van der Waals surface area (Å²) in [6.45, 7) is 34.7. The summed E-state index contributed by atoms with van der Waals surface area (Å²) < 4.78 is 59.2. The molecule has 0 saturated carbocycles. The molecule has 6 N–H and O–H groups in total. The molecule has 18 atom stereocenters. The first-order chi connectivity index (χ1) is 40.9. The van der Waals surface area contributed by atoms with Crippen molar-refractivity contribution in [3.8, 4) is 37.0 Å². The number of methoxy groups -OCH3 is 1. The zero-order chi connectivity index (χ0) is 68.1. The SMILES string of the molecule is C.C.C.C#C/C=C/CC.C#C/C=C/CN(C)[C@H]1C[C@@H](C)O[C@@H](O[C@@H]2[C@@H](C)[C@H](O[C@@H]3C[C@@](C)(OC)[C@@H](O)[C@H](C)O3)[C@@H](C)C(=O)O[C@H](CC)[C@@](C)(O)[C@H](O)[C@@H](C)N(C)C[C@H](C)C[C@@]2(C)O)[C@@H]1O.C#C/C=C/CO.CCN(C(C)C)C(C)C.Cc1ccc(S(=O)(=O)Cl)cc1. The molecule has 1 aromatic carbocycles. The summed E-state index contributed by atoms with van der Waals surface area (Å²) in [5.41, 5.74) is -3.44. The number of rotatable bonds is 15. The van der Waals surface area contributed by atoms with Crippen LogP contribution in [0.15, 0.2) is 65.6 Å². The third-order valence-electron chi connectivity index (χ3n) is 16.5. The summed E-state index contributed by atoms with van der Waals surface area (Å²) in [7, 11) is 6.76. The van der Waals surface area contributed by atoms with E-state index in [1.807, 2.05) is 70.7 Å². The number of likely N-dealkylation sites (N-methyl/N-ethyl adjacent to an activating group) is 2. The lowest BCUT2D eigenvalue weighted by atomic mass is 9.77. The minimum atomic E-state index is -3.55. The van der Waals surface area contributed by atoms with Gasteiger partial charge in [0, 0.05) is 67.4 Å². The number of aryl methyl sites for hydroxylation is 1. The Balaban J connectivity index is -0.000000874. The van der Waals surface area contributed by atoms with E-state index in [1.165, 1.54) is 38.3 Å². The molecule has 0 radical (unpaired) electrons. The molecule has 0 bridgehead atoms. The number of benzene rings is 1. The molecule has 3 aliphatic rings. The number of terminal acetylenes is 3. The molecule has 18 nitrogen and oxygen atoms in total. The van der Waals surface area contributed by atoms with Gasteiger partial charge >= 0.3 is 5.97 Å². The Labute approximate surface area is 557 Å². The molecule has 0 aromatic heterocycles. The molecule has 20 heteroatoms. The van der Waals surface area contributed by atoms with E-state index in [2.05, 4.69) is 57.3 Å². The van der Waals surface area contributed by atoms with Crippen molar-refractivity contribution in [2.75, 3.05) is 47.4 Å². The Morgan fingerprint density at radius 1 is 0.835 bits per heavy atom. The van der Waals surface area contributed by atoms with Gasteiger partial charge in [0.05, 0.1) is 53.0 Å². The highest BCUT2D eigenvalue weighted by Crippen LogP contribution is 2.40. The maximum atomic E-state index is 14.3. The molecule has 3 saturated heterocycles. The van der Waals surface area contributed by atoms with Crippen LogP contribution in [0, 0.1) is 61.7 Å². The van der Waals surface area contributed by atoms with E-state index >= 15 is 0 Å². The third-order valence-corrected chi connectivity index (χ3v) is 17.9. The number of nitrogens with zero attached hydrogens (tertiary/aromatic N) is 3. The Hall–Kier alpha value is -3.73. The van der Waals surface area contributed by atoms with E-state index in [9.17, 15) is 38.7 Å². The van der Waals surface area contributed by atoms with Gasteiger partial charge in [-0.25, -0.2) is 8.42 Å². The van der Waals surface area contributed by atoms with Gasteiger partial charge in [-0.15, -0.1) is 19.3 Å². The lowest BCUT2D eigenvalue weighted by molar-refractivity contribution is -0.318. The van der Waals surface area contributed by atoms with E-state index in [0.29, 0.717) is 31.6 Å². The number of aliphatic hydroxyl groups excluding tert-OH is 4. The number of ether oxygens (including phenoxy) is 6. The smallest absolute Gasteiger partial charge is 0.311 e. The highest BCUT2D eigenvalue weighted by molar-refractivity contribution is 8.13. The van der Waals surface area contributed by atoms with Crippen LogP contribution >= 0.6 is 10.7 Å². The van der Waals surface area contributed by atoms with Gasteiger partial charge in [-0.2, -0.15) is 0 Å². The topological polar surface area (TPSA) is 238 Å². The minimum absolute atomic E-state index is 0. The first-order valence-electron chi connectivity index (χ1n) is 30.9. The second kappa shape index (κ2) is 45.6. The molecule has 528 valence electrons. The summed E-state index contributed by atoms with van der Waals surface area (Å²) in [6, 6.07) is 6.83. The van der Waals surface area contributed by atoms with Crippen LogP contribution in [-0.2, 0) is 42.3 Å². The number of carbonyl (C=O) groups is 1. The van der Waals surface area contributed by atoms with Gasteiger partial charge in [-0.3, -0.25) is 14.6 Å². The maximum Gasteiger partial charge on any atom is 0.311 e. The number of allylic oxidation sites excluding steroid dienone is 4. The van der Waals surface area contributed by atoms with Crippen molar-refractivity contribution in [1.82, 2.24) is 14.7 Å². The lowest BCUT2D eigenvalue weighted by Crippen LogP contribution is -2.60. The molecule has 0 aliphatic carbocycles. The van der Waals surface area contributed by atoms with Gasteiger partial charge in [0.2, 0.25) is 0 Å². The second-order valence-electron chi connectivity index (χ2n) is 24.7. The highest BCUT2D eigenvalue weighted by Gasteiger charge is 2.53. The molecule has 3 aliphatic heterocycles. The Kier molecular flexibility index (Phi) is 47.0. The van der Waals surface area contributed by atoms with Crippen LogP contribution in [-0.4, -0.2) is 210 Å². The zero-order valence-electron chi connectivity index (χ0n) is 56.7. The molecule has 4 rings (SSSR count). The predicted octanol–water partition coefficient (Wildman–Crippen LogP) is 10.2. The molecule has 3 fully saturated rings. The quantitative estimate of drug-likeness (QED) is 0.0544. The lowest BCUT2D eigenvalue weighted by Gasteiger charge is -2.49. The minimum Gasteiger partial charge on any atom is -0.459 e. The van der Waals surface area contributed by atoms with Crippen LogP contribution in [0.2, 0.25) is 0 Å². The van der Waals surface area contributed by atoms with Crippen LogP contribution in [0.25, 0.3) is 0 Å². The first kappa shape index (κ1) is 93.7. The number of esters is 1. The molecular formula is C71H126ClN3O15S.